The maximum absolute atomic E-state index is 12.7. The molecule has 0 aromatic heterocycles. The molecule has 7 nitrogen and oxygen atoms in total. The Kier molecular flexibility index (Phi) is 5.60. The van der Waals surface area contributed by atoms with Gasteiger partial charge in [0, 0.05) is 43.1 Å². The van der Waals surface area contributed by atoms with E-state index in [1.165, 1.54) is 5.69 Å². The summed E-state index contributed by atoms with van der Waals surface area (Å²) in [6, 6.07) is 15.6. The molecule has 0 amide bonds. The maximum atomic E-state index is 12.7. The largest absolute Gasteiger partial charge is 0.606 e. The number of benzene rings is 2. The number of aromatic hydroxyl groups is 1. The van der Waals surface area contributed by atoms with Gasteiger partial charge in [0.25, 0.3) is 0 Å². The highest BCUT2D eigenvalue weighted by atomic mass is 16.6. The molecule has 0 saturated carbocycles. The lowest BCUT2D eigenvalue weighted by Crippen LogP contribution is -3.12. The van der Waals surface area contributed by atoms with E-state index in [0.717, 1.165) is 43.9 Å². The Hall–Kier alpha value is -2.77. The molecule has 0 spiro atoms. The van der Waals surface area contributed by atoms with Crippen molar-refractivity contribution in [2.24, 2.45) is 5.10 Å². The highest BCUT2D eigenvalue weighted by molar-refractivity contribution is 5.67. The molecule has 7 heteroatoms. The van der Waals surface area contributed by atoms with Crippen molar-refractivity contribution >= 4 is 17.6 Å². The van der Waals surface area contributed by atoms with Gasteiger partial charge in [0.2, 0.25) is 0 Å². The monoisotopic (exact) mass is 395 g/mol. The molecule has 1 saturated heterocycles. The third-order valence-corrected chi connectivity index (χ3v) is 5.95. The standard InChI is InChI=1S/C22H29N5O2/c1-3-17(2)26-23-16-22(27(26)29)18-4-6-19(7-5-18)24-12-14-25(15-13-24)20-8-10-21(28)11-9-20/h4-11,16-17,22,27-28H,3,12-15H2,1-2H3. The first-order chi connectivity index (χ1) is 14.1. The molecule has 0 bridgehead atoms. The van der Waals surface area contributed by atoms with E-state index in [1.807, 2.05) is 19.1 Å². The number of hydrazone groups is 1. The second-order valence-electron chi connectivity index (χ2n) is 7.76. The number of nitrogens with zero attached hydrogens (tertiary/aromatic N) is 4. The van der Waals surface area contributed by atoms with Crippen LogP contribution in [0.2, 0.25) is 0 Å². The Balaban J connectivity index is 1.37. The quantitative estimate of drug-likeness (QED) is 0.760. The van der Waals surface area contributed by atoms with Crippen molar-refractivity contribution in [1.29, 1.82) is 0 Å². The summed E-state index contributed by atoms with van der Waals surface area (Å²) in [6.45, 7) is 7.83. The second-order valence-corrected chi connectivity index (χ2v) is 7.76. The van der Waals surface area contributed by atoms with Crippen LogP contribution in [-0.4, -0.2) is 48.7 Å². The number of nitrogens with one attached hydrogen (secondary N) is 1. The predicted molar refractivity (Wildman–Crippen MR) is 116 cm³/mol. The molecule has 2 aliphatic rings. The average molecular weight is 396 g/mol. The van der Waals surface area contributed by atoms with Crippen LogP contribution in [0, 0.1) is 5.21 Å². The summed E-state index contributed by atoms with van der Waals surface area (Å²) in [5.41, 5.74) is 3.32. The van der Waals surface area contributed by atoms with E-state index in [1.54, 1.807) is 23.5 Å². The van der Waals surface area contributed by atoms with Crippen molar-refractivity contribution in [2.75, 3.05) is 36.0 Å². The van der Waals surface area contributed by atoms with Crippen LogP contribution in [-0.2, 0) is 0 Å². The first kappa shape index (κ1) is 19.5. The van der Waals surface area contributed by atoms with Crippen molar-refractivity contribution < 1.29 is 10.3 Å². The van der Waals surface area contributed by atoms with Crippen LogP contribution in [0.5, 0.6) is 5.75 Å². The van der Waals surface area contributed by atoms with Crippen LogP contribution < -0.4 is 15.0 Å². The fraction of sp³-hybridized carbons (Fsp3) is 0.409. The van der Waals surface area contributed by atoms with Crippen LogP contribution in [0.1, 0.15) is 31.9 Å². The Bertz CT molecular complexity index is 831. The van der Waals surface area contributed by atoms with Crippen molar-refractivity contribution in [3.8, 4) is 5.75 Å². The summed E-state index contributed by atoms with van der Waals surface area (Å²) in [4.78, 5) is 4.71. The zero-order valence-corrected chi connectivity index (χ0v) is 17.0. The fourth-order valence-electron chi connectivity index (χ4n) is 3.91. The summed E-state index contributed by atoms with van der Waals surface area (Å²) in [5.74, 6) is 0.297. The lowest BCUT2D eigenvalue weighted by atomic mass is 10.1. The molecule has 2 aliphatic heterocycles. The van der Waals surface area contributed by atoms with Crippen molar-refractivity contribution in [3.63, 3.8) is 0 Å². The van der Waals surface area contributed by atoms with Crippen LogP contribution >= 0.6 is 0 Å². The highest BCUT2D eigenvalue weighted by Gasteiger charge is 2.30. The topological polar surface area (TPSA) is 69.8 Å². The first-order valence-electron chi connectivity index (χ1n) is 10.3. The Morgan fingerprint density at radius 3 is 2.03 bits per heavy atom. The Morgan fingerprint density at radius 2 is 1.52 bits per heavy atom. The molecular formula is C22H29N5O2. The first-order valence-corrected chi connectivity index (χ1v) is 10.3. The molecule has 3 unspecified atom stereocenters. The van der Waals surface area contributed by atoms with Crippen LogP contribution in [0.15, 0.2) is 53.6 Å². The molecule has 3 atom stereocenters. The van der Waals surface area contributed by atoms with Gasteiger partial charge in [-0.3, -0.25) is 0 Å². The minimum Gasteiger partial charge on any atom is -0.606 e. The number of anilines is 2. The van der Waals surface area contributed by atoms with Crippen LogP contribution in [0.4, 0.5) is 11.4 Å². The maximum Gasteiger partial charge on any atom is 0.174 e. The number of hydroxylamine groups is 1. The zero-order chi connectivity index (χ0) is 20.4. The molecule has 1 fully saturated rings. The predicted octanol–water partition coefficient (Wildman–Crippen LogP) is 2.16. The van der Waals surface area contributed by atoms with Gasteiger partial charge in [-0.2, -0.15) is 0 Å². The molecule has 4 rings (SSSR count). The molecule has 2 aromatic carbocycles. The number of rotatable bonds is 5. The lowest BCUT2D eigenvalue weighted by Gasteiger charge is -2.37. The van der Waals surface area contributed by atoms with Crippen LogP contribution in [0.3, 0.4) is 0 Å². The van der Waals surface area contributed by atoms with Gasteiger partial charge < -0.3 is 20.1 Å². The lowest BCUT2D eigenvalue weighted by molar-refractivity contribution is -0.988. The fourth-order valence-corrected chi connectivity index (χ4v) is 3.91. The third-order valence-electron chi connectivity index (χ3n) is 5.95. The molecule has 29 heavy (non-hydrogen) atoms. The van der Waals surface area contributed by atoms with Crippen LogP contribution in [0.25, 0.3) is 0 Å². The summed E-state index contributed by atoms with van der Waals surface area (Å²) in [7, 11) is 0. The normalized spacial score (nSPS) is 22.9. The van der Waals surface area contributed by atoms with Gasteiger partial charge >= 0.3 is 0 Å². The minimum absolute atomic E-state index is 0.0645. The molecule has 0 radical (unpaired) electrons. The van der Waals surface area contributed by atoms with E-state index in [9.17, 15) is 10.3 Å². The van der Waals surface area contributed by atoms with Gasteiger partial charge in [0.15, 0.2) is 6.04 Å². The Labute approximate surface area is 172 Å². The molecular weight excluding hydrogens is 366 g/mol. The number of quaternary nitrogens is 1. The number of piperazine rings is 1. The van der Waals surface area contributed by atoms with Crippen molar-refractivity contribution in [1.82, 2.24) is 5.12 Å². The SMILES string of the molecule is CCC(C)N1N=CC(c2ccc(N3CCN(c4ccc(O)cc4)CC3)cc2)[NH+]1[O-]. The third kappa shape index (κ3) is 4.02. The van der Waals surface area contributed by atoms with E-state index < -0.39 is 0 Å². The van der Waals surface area contributed by atoms with Gasteiger partial charge in [-0.1, -0.05) is 19.1 Å². The number of hydrogen-bond acceptors (Lipinski definition) is 6. The summed E-state index contributed by atoms with van der Waals surface area (Å²) in [6.07, 6.45) is 2.66. The number of phenols is 1. The minimum atomic E-state index is -0.274. The average Bonchev–Trinajstić information content (AvgIpc) is 3.15. The van der Waals surface area contributed by atoms with Crippen molar-refractivity contribution in [2.45, 2.75) is 32.4 Å². The zero-order valence-electron chi connectivity index (χ0n) is 17.0. The van der Waals surface area contributed by atoms with Gasteiger partial charge in [-0.25, -0.2) is 5.17 Å². The van der Waals surface area contributed by atoms with E-state index in [4.69, 9.17) is 0 Å². The molecule has 2 aromatic rings. The second kappa shape index (κ2) is 8.31. The molecule has 0 aliphatic carbocycles. The molecule has 2 N–H and O–H groups in total. The van der Waals surface area contributed by atoms with E-state index in [2.05, 4.69) is 46.1 Å². The smallest absolute Gasteiger partial charge is 0.174 e. The van der Waals surface area contributed by atoms with Gasteiger partial charge in [-0.15, -0.1) is 10.2 Å². The number of hydrogen-bond donors (Lipinski definition) is 2. The summed E-state index contributed by atoms with van der Waals surface area (Å²) < 4.78 is 0. The summed E-state index contributed by atoms with van der Waals surface area (Å²) >= 11 is 0. The molecule has 2 heterocycles. The summed E-state index contributed by atoms with van der Waals surface area (Å²) in [5, 5.41) is 28.1. The molecule has 154 valence electrons. The highest BCUT2D eigenvalue weighted by Crippen LogP contribution is 2.24. The number of phenolic OH excluding ortho intramolecular Hbond substituents is 1. The van der Waals surface area contributed by atoms with E-state index >= 15 is 0 Å². The Morgan fingerprint density at radius 1 is 1.00 bits per heavy atom. The van der Waals surface area contributed by atoms with Gasteiger partial charge in [0.05, 0.1) is 12.3 Å². The van der Waals surface area contributed by atoms with E-state index in [-0.39, 0.29) is 17.3 Å². The van der Waals surface area contributed by atoms with E-state index in [0.29, 0.717) is 5.75 Å². The van der Waals surface area contributed by atoms with Crippen molar-refractivity contribution in [3.05, 3.63) is 59.3 Å². The van der Waals surface area contributed by atoms with Gasteiger partial charge in [0.1, 0.15) is 5.75 Å². The van der Waals surface area contributed by atoms with Gasteiger partial charge in [-0.05, 0) is 49.7 Å².